The Labute approximate surface area is 174 Å². The van der Waals surface area contributed by atoms with Crippen molar-refractivity contribution in [1.29, 1.82) is 0 Å². The second-order valence-corrected chi connectivity index (χ2v) is 7.13. The van der Waals surface area contributed by atoms with Gasteiger partial charge in [-0.05, 0) is 24.3 Å². The Bertz CT molecular complexity index is 1290. The highest BCUT2D eigenvalue weighted by atomic mass is 32.2. The van der Waals surface area contributed by atoms with Gasteiger partial charge in [-0.2, -0.15) is 0 Å². The molecular formula is C20H16FN5O3S. The van der Waals surface area contributed by atoms with Crippen LogP contribution in [0.3, 0.4) is 0 Å². The third-order valence-electron chi connectivity index (χ3n) is 4.13. The lowest BCUT2D eigenvalue weighted by molar-refractivity contribution is -0.113. The normalized spacial score (nSPS) is 10.9. The minimum Gasteiger partial charge on any atom is -0.497 e. The van der Waals surface area contributed by atoms with Crippen molar-refractivity contribution in [3.63, 3.8) is 0 Å². The van der Waals surface area contributed by atoms with Crippen LogP contribution in [0.15, 0.2) is 64.5 Å². The molecule has 8 nitrogen and oxygen atoms in total. The summed E-state index contributed by atoms with van der Waals surface area (Å²) < 4.78 is 20.4. The standard InChI is InChI=1S/C20H16FN5O3S/c1-29-13-6-4-5-12(9-13)19-23-16-10-17(27)25-26(16)20(24-19)30-11-18(28)22-15-8-3-2-7-14(15)21/h2-10H,11H2,1H3,(H,22,28)(H,25,27). The van der Waals surface area contributed by atoms with Gasteiger partial charge in [0, 0.05) is 11.6 Å². The van der Waals surface area contributed by atoms with Crippen LogP contribution in [-0.4, -0.2) is 38.4 Å². The van der Waals surface area contributed by atoms with Gasteiger partial charge < -0.3 is 10.1 Å². The van der Waals surface area contributed by atoms with Crippen LogP contribution in [0.25, 0.3) is 17.0 Å². The number of thioether (sulfide) groups is 1. The van der Waals surface area contributed by atoms with Gasteiger partial charge in [0.25, 0.3) is 5.56 Å². The van der Waals surface area contributed by atoms with E-state index in [0.29, 0.717) is 27.9 Å². The Morgan fingerprint density at radius 3 is 2.83 bits per heavy atom. The number of methoxy groups -OCH3 is 1. The fourth-order valence-electron chi connectivity index (χ4n) is 2.75. The predicted octanol–water partition coefficient (Wildman–Crippen LogP) is 2.96. The number of hydrogen-bond donors (Lipinski definition) is 2. The summed E-state index contributed by atoms with van der Waals surface area (Å²) in [6.45, 7) is 0. The first-order chi connectivity index (χ1) is 14.5. The minimum absolute atomic E-state index is 0.0434. The molecule has 2 aromatic carbocycles. The van der Waals surface area contributed by atoms with Gasteiger partial charge in [0.1, 0.15) is 11.6 Å². The number of aromatic nitrogens is 4. The van der Waals surface area contributed by atoms with E-state index in [-0.39, 0.29) is 17.0 Å². The first-order valence-corrected chi connectivity index (χ1v) is 9.83. The maximum absolute atomic E-state index is 13.7. The van der Waals surface area contributed by atoms with E-state index in [2.05, 4.69) is 20.4 Å². The number of H-pyrrole nitrogens is 1. The second kappa shape index (κ2) is 8.37. The van der Waals surface area contributed by atoms with Gasteiger partial charge >= 0.3 is 0 Å². The molecule has 0 bridgehead atoms. The lowest BCUT2D eigenvalue weighted by Gasteiger charge is -2.09. The Hall–Kier alpha value is -3.66. The number of para-hydroxylation sites is 1. The van der Waals surface area contributed by atoms with Crippen molar-refractivity contribution in [2.24, 2.45) is 0 Å². The molecule has 0 aliphatic heterocycles. The van der Waals surface area contributed by atoms with Crippen molar-refractivity contribution >= 4 is 29.0 Å². The summed E-state index contributed by atoms with van der Waals surface area (Å²) in [5, 5.41) is 5.49. The average molecular weight is 425 g/mol. The molecule has 4 aromatic rings. The van der Waals surface area contributed by atoms with Crippen LogP contribution >= 0.6 is 11.8 Å². The van der Waals surface area contributed by atoms with E-state index in [9.17, 15) is 14.0 Å². The van der Waals surface area contributed by atoms with Crippen LogP contribution in [-0.2, 0) is 4.79 Å². The van der Waals surface area contributed by atoms with Crippen LogP contribution in [0, 0.1) is 5.82 Å². The van der Waals surface area contributed by atoms with Crippen LogP contribution < -0.4 is 15.6 Å². The third kappa shape index (κ3) is 4.18. The first kappa shape index (κ1) is 19.6. The maximum Gasteiger partial charge on any atom is 0.266 e. The summed E-state index contributed by atoms with van der Waals surface area (Å²) in [4.78, 5) is 33.0. The van der Waals surface area contributed by atoms with E-state index in [1.54, 1.807) is 37.4 Å². The smallest absolute Gasteiger partial charge is 0.266 e. The quantitative estimate of drug-likeness (QED) is 0.461. The number of halogens is 1. The molecule has 0 fully saturated rings. The molecule has 2 N–H and O–H groups in total. The number of benzene rings is 2. The molecular weight excluding hydrogens is 409 g/mol. The van der Waals surface area contributed by atoms with E-state index in [4.69, 9.17) is 4.74 Å². The maximum atomic E-state index is 13.7. The number of fused-ring (bicyclic) bond motifs is 1. The zero-order chi connectivity index (χ0) is 21.1. The van der Waals surface area contributed by atoms with Crippen molar-refractivity contribution in [1.82, 2.24) is 19.6 Å². The van der Waals surface area contributed by atoms with Gasteiger partial charge in [-0.25, -0.2) is 18.9 Å². The van der Waals surface area contributed by atoms with Crippen molar-refractivity contribution in [3.8, 4) is 17.1 Å². The second-order valence-electron chi connectivity index (χ2n) is 6.19. The molecule has 30 heavy (non-hydrogen) atoms. The van der Waals surface area contributed by atoms with E-state index < -0.39 is 11.7 Å². The van der Waals surface area contributed by atoms with Crippen molar-refractivity contribution in [3.05, 3.63) is 70.8 Å². The summed E-state index contributed by atoms with van der Waals surface area (Å²) >= 11 is 1.09. The number of hydrogen-bond acceptors (Lipinski definition) is 6. The average Bonchev–Trinajstić information content (AvgIpc) is 3.14. The summed E-state index contributed by atoms with van der Waals surface area (Å²) in [6.07, 6.45) is 0. The van der Waals surface area contributed by atoms with Crippen LogP contribution in [0.5, 0.6) is 5.75 Å². The van der Waals surface area contributed by atoms with Crippen molar-refractivity contribution in [2.75, 3.05) is 18.2 Å². The fraction of sp³-hybridized carbons (Fsp3) is 0.100. The van der Waals surface area contributed by atoms with E-state index in [0.717, 1.165) is 11.8 Å². The highest BCUT2D eigenvalue weighted by Gasteiger charge is 2.14. The van der Waals surface area contributed by atoms with Gasteiger partial charge in [-0.15, -0.1) is 0 Å². The third-order valence-corrected chi connectivity index (χ3v) is 5.07. The fourth-order valence-corrected chi connectivity index (χ4v) is 3.50. The SMILES string of the molecule is COc1cccc(-c2nc(SCC(=O)Nc3ccccc3F)n3[nH]c(=O)cc3n2)c1. The molecule has 0 aliphatic carbocycles. The summed E-state index contributed by atoms with van der Waals surface area (Å²) in [6, 6.07) is 14.5. The van der Waals surface area contributed by atoms with Crippen molar-refractivity contribution < 1.29 is 13.9 Å². The number of rotatable bonds is 6. The highest BCUT2D eigenvalue weighted by molar-refractivity contribution is 7.99. The Kier molecular flexibility index (Phi) is 5.48. The number of anilines is 1. The van der Waals surface area contributed by atoms with Crippen LogP contribution in [0.2, 0.25) is 0 Å². The molecule has 0 saturated carbocycles. The van der Waals surface area contributed by atoms with Crippen LogP contribution in [0.4, 0.5) is 10.1 Å². The number of aromatic amines is 1. The van der Waals surface area contributed by atoms with Gasteiger partial charge in [0.2, 0.25) is 5.91 Å². The summed E-state index contributed by atoms with van der Waals surface area (Å²) in [5.41, 5.74) is 0.820. The largest absolute Gasteiger partial charge is 0.497 e. The molecule has 152 valence electrons. The topological polar surface area (TPSA) is 101 Å². The highest BCUT2D eigenvalue weighted by Crippen LogP contribution is 2.24. The number of carbonyl (C=O) groups excluding carboxylic acids is 1. The molecule has 0 atom stereocenters. The molecule has 10 heteroatoms. The Balaban J connectivity index is 1.62. The van der Waals surface area contributed by atoms with E-state index in [1.165, 1.54) is 22.7 Å². The van der Waals surface area contributed by atoms with Gasteiger partial charge in [0.15, 0.2) is 16.6 Å². The summed E-state index contributed by atoms with van der Waals surface area (Å²) in [7, 11) is 1.56. The molecule has 2 heterocycles. The van der Waals surface area contributed by atoms with Gasteiger partial charge in [-0.3, -0.25) is 14.7 Å². The lowest BCUT2D eigenvalue weighted by Crippen LogP contribution is -2.16. The molecule has 2 aromatic heterocycles. The lowest BCUT2D eigenvalue weighted by atomic mass is 10.2. The number of nitrogens with one attached hydrogen (secondary N) is 2. The molecule has 0 radical (unpaired) electrons. The molecule has 0 saturated heterocycles. The Morgan fingerprint density at radius 2 is 2.03 bits per heavy atom. The zero-order valence-electron chi connectivity index (χ0n) is 15.8. The number of amides is 1. The molecule has 0 aliphatic rings. The first-order valence-electron chi connectivity index (χ1n) is 8.85. The summed E-state index contributed by atoms with van der Waals surface area (Å²) in [5.74, 6) is 0.0496. The van der Waals surface area contributed by atoms with Gasteiger partial charge in [-0.1, -0.05) is 36.0 Å². The van der Waals surface area contributed by atoms with E-state index in [1.807, 2.05) is 6.07 Å². The molecule has 4 rings (SSSR count). The number of nitrogens with zero attached hydrogens (tertiary/aromatic N) is 3. The zero-order valence-corrected chi connectivity index (χ0v) is 16.6. The Morgan fingerprint density at radius 1 is 1.20 bits per heavy atom. The monoisotopic (exact) mass is 425 g/mol. The molecule has 0 spiro atoms. The molecule has 0 unspecified atom stereocenters. The van der Waals surface area contributed by atoms with E-state index >= 15 is 0 Å². The van der Waals surface area contributed by atoms with Crippen LogP contribution in [0.1, 0.15) is 0 Å². The van der Waals surface area contributed by atoms with Crippen molar-refractivity contribution in [2.45, 2.75) is 5.16 Å². The predicted molar refractivity (Wildman–Crippen MR) is 111 cm³/mol. The molecule has 1 amide bonds. The number of carbonyl (C=O) groups is 1. The number of ether oxygens (including phenoxy) is 1. The minimum atomic E-state index is -0.518. The van der Waals surface area contributed by atoms with Gasteiger partial charge in [0.05, 0.1) is 18.6 Å².